The Balaban J connectivity index is 2.37. The van der Waals surface area contributed by atoms with E-state index in [0.717, 1.165) is 13.1 Å². The van der Waals surface area contributed by atoms with Crippen molar-refractivity contribution in [3.05, 3.63) is 29.8 Å². The minimum Gasteiger partial charge on any atom is -0.366 e. The molecule has 18 heavy (non-hydrogen) atoms. The molecule has 1 aromatic carbocycles. The first-order valence-corrected chi connectivity index (χ1v) is 7.02. The van der Waals surface area contributed by atoms with Crippen LogP contribution in [0.25, 0.3) is 0 Å². The monoisotopic (exact) mass is 246 g/mol. The predicted octanol–water partition coefficient (Wildman–Crippen LogP) is 3.37. The van der Waals surface area contributed by atoms with Gasteiger partial charge in [-0.05, 0) is 50.3 Å². The van der Waals surface area contributed by atoms with Crippen molar-refractivity contribution in [3.8, 4) is 0 Å². The van der Waals surface area contributed by atoms with Gasteiger partial charge >= 0.3 is 0 Å². The zero-order valence-corrected chi connectivity index (χ0v) is 12.1. The summed E-state index contributed by atoms with van der Waals surface area (Å²) in [6.07, 6.45) is 1.19. The number of para-hydroxylation sites is 1. The van der Waals surface area contributed by atoms with Crippen LogP contribution in [0.2, 0.25) is 0 Å². The van der Waals surface area contributed by atoms with Crippen LogP contribution in [-0.2, 0) is 0 Å². The van der Waals surface area contributed by atoms with Gasteiger partial charge in [0.25, 0.3) is 0 Å². The van der Waals surface area contributed by atoms with Crippen LogP contribution in [0.15, 0.2) is 24.3 Å². The topological polar surface area (TPSA) is 29.3 Å². The Bertz CT molecular complexity index is 409. The summed E-state index contributed by atoms with van der Waals surface area (Å²) >= 11 is 0. The van der Waals surface area contributed by atoms with E-state index in [1.165, 1.54) is 17.7 Å². The zero-order chi connectivity index (χ0) is 13.3. The summed E-state index contributed by atoms with van der Waals surface area (Å²) in [5, 5.41) is 0. The number of benzene rings is 1. The predicted molar refractivity (Wildman–Crippen MR) is 79.1 cm³/mol. The summed E-state index contributed by atoms with van der Waals surface area (Å²) in [6.45, 7) is 11.1. The molecular weight excluding hydrogens is 220 g/mol. The van der Waals surface area contributed by atoms with E-state index in [2.05, 4.69) is 56.9 Å². The minimum absolute atomic E-state index is 0.217. The first-order valence-electron chi connectivity index (χ1n) is 7.02. The van der Waals surface area contributed by atoms with E-state index in [-0.39, 0.29) is 5.54 Å². The van der Waals surface area contributed by atoms with E-state index in [9.17, 15) is 0 Å². The number of anilines is 1. The van der Waals surface area contributed by atoms with Gasteiger partial charge in [0.15, 0.2) is 0 Å². The molecule has 1 fully saturated rings. The van der Waals surface area contributed by atoms with Crippen molar-refractivity contribution in [1.82, 2.24) is 0 Å². The summed E-state index contributed by atoms with van der Waals surface area (Å²) in [6, 6.07) is 8.80. The highest BCUT2D eigenvalue weighted by Gasteiger charge is 2.38. The lowest BCUT2D eigenvalue weighted by molar-refractivity contribution is 0.476. The van der Waals surface area contributed by atoms with E-state index in [4.69, 9.17) is 5.73 Å². The lowest BCUT2D eigenvalue weighted by Gasteiger charge is -2.35. The molecule has 2 N–H and O–H groups in total. The van der Waals surface area contributed by atoms with Crippen LogP contribution in [0.5, 0.6) is 0 Å². The Hall–Kier alpha value is -1.02. The second kappa shape index (κ2) is 4.93. The van der Waals surface area contributed by atoms with Crippen LogP contribution in [0.1, 0.15) is 45.6 Å². The van der Waals surface area contributed by atoms with E-state index in [1.54, 1.807) is 0 Å². The molecule has 2 rings (SSSR count). The maximum absolute atomic E-state index is 5.87. The van der Waals surface area contributed by atoms with Crippen LogP contribution in [0, 0.1) is 5.92 Å². The third-order valence-corrected chi connectivity index (χ3v) is 4.14. The SMILES string of the molecule is CC(C)c1ccccc1N1CC(CN)CC1(C)C. The zero-order valence-electron chi connectivity index (χ0n) is 12.1. The molecule has 1 aliphatic heterocycles. The molecule has 1 heterocycles. The Morgan fingerprint density at radius 1 is 1.33 bits per heavy atom. The second-order valence-electron chi connectivity index (χ2n) is 6.44. The average molecular weight is 246 g/mol. The van der Waals surface area contributed by atoms with Crippen molar-refractivity contribution in [3.63, 3.8) is 0 Å². The Labute approximate surface area is 111 Å². The molecule has 1 aliphatic rings. The fourth-order valence-electron chi connectivity index (χ4n) is 3.19. The molecule has 2 heteroatoms. The highest BCUT2D eigenvalue weighted by Crippen LogP contribution is 2.39. The standard InChI is InChI=1S/C16H26N2/c1-12(2)14-7-5-6-8-15(14)18-11-13(10-17)9-16(18,3)4/h5-8,12-13H,9-11,17H2,1-4H3. The summed E-state index contributed by atoms with van der Waals surface area (Å²) in [5.41, 5.74) is 8.93. The molecule has 0 amide bonds. The first-order chi connectivity index (χ1) is 8.45. The van der Waals surface area contributed by atoms with Crippen molar-refractivity contribution in [2.75, 3.05) is 18.0 Å². The lowest BCUT2D eigenvalue weighted by Crippen LogP contribution is -2.38. The van der Waals surface area contributed by atoms with Crippen molar-refractivity contribution >= 4 is 5.69 Å². The van der Waals surface area contributed by atoms with Crippen molar-refractivity contribution in [2.24, 2.45) is 11.7 Å². The van der Waals surface area contributed by atoms with Gasteiger partial charge in [-0.15, -0.1) is 0 Å². The molecular formula is C16H26N2. The molecule has 1 aromatic rings. The molecule has 2 nitrogen and oxygen atoms in total. The maximum Gasteiger partial charge on any atom is 0.0405 e. The summed E-state index contributed by atoms with van der Waals surface area (Å²) in [5.74, 6) is 1.19. The van der Waals surface area contributed by atoms with Crippen LogP contribution < -0.4 is 10.6 Å². The lowest BCUT2D eigenvalue weighted by atomic mass is 9.95. The normalized spacial score (nSPS) is 22.8. The Morgan fingerprint density at radius 3 is 2.56 bits per heavy atom. The highest BCUT2D eigenvalue weighted by molar-refractivity contribution is 5.57. The largest absolute Gasteiger partial charge is 0.366 e. The van der Waals surface area contributed by atoms with Gasteiger partial charge in [0.1, 0.15) is 0 Å². The van der Waals surface area contributed by atoms with Gasteiger partial charge in [0, 0.05) is 17.8 Å². The summed E-state index contributed by atoms with van der Waals surface area (Å²) in [4.78, 5) is 2.56. The maximum atomic E-state index is 5.87. The Kier molecular flexibility index (Phi) is 3.67. The number of hydrogen-bond acceptors (Lipinski definition) is 2. The molecule has 100 valence electrons. The minimum atomic E-state index is 0.217. The molecule has 0 aromatic heterocycles. The molecule has 0 bridgehead atoms. The molecule has 0 saturated carbocycles. The van der Waals surface area contributed by atoms with E-state index < -0.39 is 0 Å². The third kappa shape index (κ3) is 2.39. The number of hydrogen-bond donors (Lipinski definition) is 1. The Morgan fingerprint density at radius 2 is 2.00 bits per heavy atom. The van der Waals surface area contributed by atoms with Gasteiger partial charge in [0.2, 0.25) is 0 Å². The number of nitrogens with two attached hydrogens (primary N) is 1. The van der Waals surface area contributed by atoms with Gasteiger partial charge in [-0.1, -0.05) is 32.0 Å². The van der Waals surface area contributed by atoms with Crippen molar-refractivity contribution in [1.29, 1.82) is 0 Å². The van der Waals surface area contributed by atoms with Gasteiger partial charge in [-0.2, -0.15) is 0 Å². The third-order valence-electron chi connectivity index (χ3n) is 4.14. The fraction of sp³-hybridized carbons (Fsp3) is 0.625. The average Bonchev–Trinajstić information content (AvgIpc) is 2.64. The van der Waals surface area contributed by atoms with Gasteiger partial charge < -0.3 is 10.6 Å². The van der Waals surface area contributed by atoms with Crippen molar-refractivity contribution in [2.45, 2.75) is 45.6 Å². The molecule has 1 saturated heterocycles. The number of nitrogens with zero attached hydrogens (tertiary/aromatic N) is 1. The fourth-order valence-corrected chi connectivity index (χ4v) is 3.19. The highest BCUT2D eigenvalue weighted by atomic mass is 15.2. The summed E-state index contributed by atoms with van der Waals surface area (Å²) < 4.78 is 0. The first kappa shape index (κ1) is 13.4. The molecule has 0 spiro atoms. The molecule has 0 aliphatic carbocycles. The van der Waals surface area contributed by atoms with Gasteiger partial charge in [-0.25, -0.2) is 0 Å². The van der Waals surface area contributed by atoms with E-state index in [0.29, 0.717) is 11.8 Å². The molecule has 1 unspecified atom stereocenters. The van der Waals surface area contributed by atoms with Crippen LogP contribution in [0.4, 0.5) is 5.69 Å². The summed E-state index contributed by atoms with van der Waals surface area (Å²) in [7, 11) is 0. The second-order valence-corrected chi connectivity index (χ2v) is 6.44. The molecule has 1 atom stereocenters. The van der Waals surface area contributed by atoms with E-state index >= 15 is 0 Å². The van der Waals surface area contributed by atoms with E-state index in [1.807, 2.05) is 0 Å². The molecule has 0 radical (unpaired) electrons. The smallest absolute Gasteiger partial charge is 0.0405 e. The van der Waals surface area contributed by atoms with Crippen LogP contribution in [-0.4, -0.2) is 18.6 Å². The van der Waals surface area contributed by atoms with Crippen LogP contribution in [0.3, 0.4) is 0 Å². The van der Waals surface area contributed by atoms with Crippen LogP contribution >= 0.6 is 0 Å². The van der Waals surface area contributed by atoms with Crippen molar-refractivity contribution < 1.29 is 0 Å². The number of rotatable bonds is 3. The quantitative estimate of drug-likeness (QED) is 0.886. The van der Waals surface area contributed by atoms with Gasteiger partial charge in [0.05, 0.1) is 0 Å². The van der Waals surface area contributed by atoms with Gasteiger partial charge in [-0.3, -0.25) is 0 Å².